The van der Waals surface area contributed by atoms with Crippen LogP contribution in [0.3, 0.4) is 0 Å². The van der Waals surface area contributed by atoms with Crippen molar-refractivity contribution >= 4 is 17.9 Å². The zero-order valence-electron chi connectivity index (χ0n) is 54.8. The zero-order chi connectivity index (χ0) is 58.5. The van der Waals surface area contributed by atoms with E-state index < -0.39 is 6.10 Å². The number of ether oxygens (including phenoxy) is 3. The van der Waals surface area contributed by atoms with Crippen LogP contribution in [0.1, 0.15) is 406 Å². The summed E-state index contributed by atoms with van der Waals surface area (Å²) in [4.78, 5) is 38.4. The second-order valence-corrected chi connectivity index (χ2v) is 24.9. The van der Waals surface area contributed by atoms with Gasteiger partial charge in [-0.2, -0.15) is 0 Å². The Labute approximate surface area is 506 Å². The van der Waals surface area contributed by atoms with Crippen LogP contribution < -0.4 is 0 Å². The molecule has 0 spiro atoms. The van der Waals surface area contributed by atoms with Crippen LogP contribution in [-0.4, -0.2) is 37.2 Å². The lowest BCUT2D eigenvalue weighted by Crippen LogP contribution is -2.30. The molecule has 0 aromatic heterocycles. The Morgan fingerprint density at radius 2 is 0.444 bits per heavy atom. The molecule has 476 valence electrons. The highest BCUT2D eigenvalue weighted by atomic mass is 16.6. The Morgan fingerprint density at radius 3 is 0.704 bits per heavy atom. The van der Waals surface area contributed by atoms with Crippen molar-refractivity contribution in [2.75, 3.05) is 13.2 Å². The fraction of sp³-hybridized carbons (Fsp3) is 0.880. The van der Waals surface area contributed by atoms with E-state index in [9.17, 15) is 14.4 Å². The van der Waals surface area contributed by atoms with E-state index in [1.54, 1.807) is 0 Å². The van der Waals surface area contributed by atoms with Gasteiger partial charge in [-0.05, 0) is 77.0 Å². The summed E-state index contributed by atoms with van der Waals surface area (Å²) in [5.74, 6) is -0.848. The van der Waals surface area contributed by atoms with Gasteiger partial charge in [-0.15, -0.1) is 0 Å². The van der Waals surface area contributed by atoms with E-state index >= 15 is 0 Å². The number of carbonyl (C=O) groups is 3. The molecule has 0 N–H and O–H groups in total. The second kappa shape index (κ2) is 70.1. The summed E-state index contributed by atoms with van der Waals surface area (Å²) < 4.78 is 17.0. The molecule has 1 unspecified atom stereocenters. The fourth-order valence-corrected chi connectivity index (χ4v) is 11.1. The minimum Gasteiger partial charge on any atom is -0.462 e. The number of hydrogen-bond acceptors (Lipinski definition) is 6. The minimum atomic E-state index is -0.773. The lowest BCUT2D eigenvalue weighted by molar-refractivity contribution is -0.167. The molecule has 0 aromatic carbocycles. The summed E-state index contributed by atoms with van der Waals surface area (Å²) in [6.07, 6.45) is 87.6. The molecule has 0 amide bonds. The molecule has 0 aliphatic carbocycles. The van der Waals surface area contributed by atoms with Crippen molar-refractivity contribution < 1.29 is 28.6 Å². The molecular formula is C75H140O6. The highest BCUT2D eigenvalue weighted by molar-refractivity contribution is 5.71. The maximum atomic E-state index is 13.0. The van der Waals surface area contributed by atoms with Crippen molar-refractivity contribution in [3.8, 4) is 0 Å². The summed E-state index contributed by atoms with van der Waals surface area (Å²) in [6.45, 7) is 6.69. The van der Waals surface area contributed by atoms with Gasteiger partial charge in [-0.25, -0.2) is 0 Å². The lowest BCUT2D eigenvalue weighted by atomic mass is 10.0. The van der Waals surface area contributed by atoms with Gasteiger partial charge in [0.25, 0.3) is 0 Å². The van der Waals surface area contributed by atoms with Crippen LogP contribution in [0.2, 0.25) is 0 Å². The van der Waals surface area contributed by atoms with Gasteiger partial charge in [-0.1, -0.05) is 346 Å². The standard InChI is InChI=1S/C75H140O6/c1-4-7-10-13-16-19-22-25-27-29-31-33-35-36-37-38-40-41-43-45-47-50-53-56-59-62-65-68-74(77)80-71-72(70-79-73(76)67-64-61-58-55-52-49-24-21-18-15-12-9-6-3)81-75(78)69-66-63-60-57-54-51-48-46-44-42-39-34-32-30-28-26-23-20-17-14-11-8-5-2/h21-22,24-25,29,31,72H,4-20,23,26-28,30,32-71H2,1-3H3/b24-21-,25-22-,31-29-. The third kappa shape index (κ3) is 68.3. The van der Waals surface area contributed by atoms with Gasteiger partial charge >= 0.3 is 17.9 Å². The van der Waals surface area contributed by atoms with Crippen molar-refractivity contribution in [2.24, 2.45) is 0 Å². The average Bonchev–Trinajstić information content (AvgIpc) is 3.46. The first kappa shape index (κ1) is 78.6. The molecule has 6 nitrogen and oxygen atoms in total. The molecule has 0 aliphatic heterocycles. The number of carbonyl (C=O) groups excluding carboxylic acids is 3. The minimum absolute atomic E-state index is 0.0694. The monoisotopic (exact) mass is 1140 g/mol. The van der Waals surface area contributed by atoms with Crippen LogP contribution in [-0.2, 0) is 28.6 Å². The van der Waals surface area contributed by atoms with Crippen molar-refractivity contribution in [1.82, 2.24) is 0 Å². The van der Waals surface area contributed by atoms with E-state index in [1.165, 1.54) is 295 Å². The number of hydrogen-bond donors (Lipinski definition) is 0. The number of rotatable bonds is 68. The normalized spacial score (nSPS) is 12.2. The van der Waals surface area contributed by atoms with E-state index in [2.05, 4.69) is 57.2 Å². The van der Waals surface area contributed by atoms with Crippen molar-refractivity contribution in [2.45, 2.75) is 412 Å². The second-order valence-electron chi connectivity index (χ2n) is 24.9. The Morgan fingerprint density at radius 1 is 0.247 bits per heavy atom. The third-order valence-electron chi connectivity index (χ3n) is 16.6. The quantitative estimate of drug-likeness (QED) is 0.0261. The molecule has 1 atom stereocenters. The van der Waals surface area contributed by atoms with Crippen LogP contribution in [0.4, 0.5) is 0 Å². The van der Waals surface area contributed by atoms with Gasteiger partial charge in [0.05, 0.1) is 0 Å². The first-order valence-corrected chi connectivity index (χ1v) is 36.5. The van der Waals surface area contributed by atoms with Crippen LogP contribution in [0.5, 0.6) is 0 Å². The molecule has 0 saturated carbocycles. The maximum absolute atomic E-state index is 13.0. The number of unbranched alkanes of at least 4 members (excludes halogenated alkanes) is 51. The van der Waals surface area contributed by atoms with Gasteiger partial charge in [0, 0.05) is 19.3 Å². The SMILES string of the molecule is CCCCCC/C=C\CCCCCCCC(=O)OCC(COC(=O)CCCCCCCCCCCCCCCCC/C=C\C/C=C\CCCCCCC)OC(=O)CCCCCCCCCCCCCCCCCCCCCCCCC. The molecule has 0 radical (unpaired) electrons. The summed E-state index contributed by atoms with van der Waals surface area (Å²) in [5, 5.41) is 0. The predicted octanol–water partition coefficient (Wildman–Crippen LogP) is 25.1. The zero-order valence-corrected chi connectivity index (χ0v) is 54.8. The van der Waals surface area contributed by atoms with E-state index in [0.29, 0.717) is 19.3 Å². The molecule has 0 bridgehead atoms. The van der Waals surface area contributed by atoms with Gasteiger partial charge in [0.2, 0.25) is 0 Å². The van der Waals surface area contributed by atoms with Crippen molar-refractivity contribution in [3.05, 3.63) is 36.5 Å². The number of esters is 3. The predicted molar refractivity (Wildman–Crippen MR) is 353 cm³/mol. The van der Waals surface area contributed by atoms with Gasteiger partial charge in [0.1, 0.15) is 13.2 Å². The average molecular weight is 1140 g/mol. The molecule has 0 aliphatic rings. The van der Waals surface area contributed by atoms with Crippen molar-refractivity contribution in [1.29, 1.82) is 0 Å². The van der Waals surface area contributed by atoms with E-state index in [0.717, 1.165) is 70.6 Å². The van der Waals surface area contributed by atoms with E-state index in [1.807, 2.05) is 0 Å². The first-order chi connectivity index (χ1) is 40.0. The van der Waals surface area contributed by atoms with Gasteiger partial charge in [0.15, 0.2) is 6.10 Å². The number of allylic oxidation sites excluding steroid dienone is 6. The molecule has 0 rings (SSSR count). The topological polar surface area (TPSA) is 78.9 Å². The lowest BCUT2D eigenvalue weighted by Gasteiger charge is -2.18. The molecule has 81 heavy (non-hydrogen) atoms. The molecule has 0 saturated heterocycles. The Kier molecular flexibility index (Phi) is 68.1. The van der Waals surface area contributed by atoms with Crippen LogP contribution in [0.15, 0.2) is 36.5 Å². The molecule has 0 heterocycles. The summed E-state index contributed by atoms with van der Waals surface area (Å²) in [7, 11) is 0. The van der Waals surface area contributed by atoms with Gasteiger partial charge < -0.3 is 14.2 Å². The molecule has 6 heteroatoms. The summed E-state index contributed by atoms with van der Waals surface area (Å²) >= 11 is 0. The Balaban J connectivity index is 4.21. The smallest absolute Gasteiger partial charge is 0.306 e. The fourth-order valence-electron chi connectivity index (χ4n) is 11.1. The van der Waals surface area contributed by atoms with E-state index in [4.69, 9.17) is 14.2 Å². The largest absolute Gasteiger partial charge is 0.462 e. The van der Waals surface area contributed by atoms with Crippen LogP contribution in [0, 0.1) is 0 Å². The molecule has 0 aromatic rings. The maximum Gasteiger partial charge on any atom is 0.306 e. The molecule has 0 fully saturated rings. The third-order valence-corrected chi connectivity index (χ3v) is 16.6. The Bertz CT molecular complexity index is 1350. The van der Waals surface area contributed by atoms with Crippen LogP contribution in [0.25, 0.3) is 0 Å². The van der Waals surface area contributed by atoms with Gasteiger partial charge in [-0.3, -0.25) is 14.4 Å². The summed E-state index contributed by atoms with van der Waals surface area (Å²) in [5.41, 5.74) is 0. The van der Waals surface area contributed by atoms with Crippen LogP contribution >= 0.6 is 0 Å². The first-order valence-electron chi connectivity index (χ1n) is 36.5. The molecular weight excluding hydrogens is 997 g/mol. The summed E-state index contributed by atoms with van der Waals surface area (Å²) in [6, 6.07) is 0. The Hall–Kier alpha value is -2.37. The van der Waals surface area contributed by atoms with Crippen molar-refractivity contribution in [3.63, 3.8) is 0 Å². The highest BCUT2D eigenvalue weighted by Crippen LogP contribution is 2.19. The van der Waals surface area contributed by atoms with E-state index in [-0.39, 0.29) is 31.1 Å². The highest BCUT2D eigenvalue weighted by Gasteiger charge is 2.19.